The number of rotatable bonds is 5. The molecular weight excluding hydrogens is 354 g/mol. The topological polar surface area (TPSA) is 66.0 Å². The van der Waals surface area contributed by atoms with Crippen LogP contribution >= 0.6 is 11.8 Å². The SMILES string of the molecule is CSc1cc(NCc2ccc(-c3ccccc3C#N)cc2)n2nccc2n1. The number of nitrogens with zero attached hydrogens (tertiary/aromatic N) is 4. The highest BCUT2D eigenvalue weighted by molar-refractivity contribution is 7.98. The van der Waals surface area contributed by atoms with Crippen molar-refractivity contribution in [1.82, 2.24) is 14.6 Å². The minimum atomic E-state index is 0.674. The summed E-state index contributed by atoms with van der Waals surface area (Å²) in [5, 5.41) is 18.0. The van der Waals surface area contributed by atoms with Gasteiger partial charge in [-0.05, 0) is 29.0 Å². The lowest BCUT2D eigenvalue weighted by Crippen LogP contribution is -2.06. The minimum absolute atomic E-state index is 0.674. The zero-order valence-corrected chi connectivity index (χ0v) is 15.6. The van der Waals surface area contributed by atoms with E-state index in [4.69, 9.17) is 0 Å². The third kappa shape index (κ3) is 3.50. The van der Waals surface area contributed by atoms with Gasteiger partial charge in [0.25, 0.3) is 0 Å². The average molecular weight is 371 g/mol. The summed E-state index contributed by atoms with van der Waals surface area (Å²) < 4.78 is 1.80. The second kappa shape index (κ2) is 7.52. The van der Waals surface area contributed by atoms with Crippen molar-refractivity contribution in [3.63, 3.8) is 0 Å². The monoisotopic (exact) mass is 371 g/mol. The first-order valence-electron chi connectivity index (χ1n) is 8.49. The maximum absolute atomic E-state index is 9.28. The standard InChI is InChI=1S/C21H17N5S/c1-27-21-12-20(26-19(25-21)10-11-24-26)23-14-15-6-8-16(9-7-15)18-5-3-2-4-17(18)13-22/h2-12,23H,14H2,1H3. The molecule has 0 saturated heterocycles. The summed E-state index contributed by atoms with van der Waals surface area (Å²) in [5.41, 5.74) is 4.66. The third-order valence-corrected chi connectivity index (χ3v) is 4.96. The fourth-order valence-corrected chi connectivity index (χ4v) is 3.36. The largest absolute Gasteiger partial charge is 0.366 e. The Morgan fingerprint density at radius 1 is 1.11 bits per heavy atom. The first kappa shape index (κ1) is 17.1. The molecule has 0 fully saturated rings. The lowest BCUT2D eigenvalue weighted by molar-refractivity contribution is 0.904. The Labute approximate surface area is 161 Å². The Kier molecular flexibility index (Phi) is 4.77. The highest BCUT2D eigenvalue weighted by Crippen LogP contribution is 2.24. The summed E-state index contributed by atoms with van der Waals surface area (Å²) in [7, 11) is 0. The van der Waals surface area contributed by atoms with E-state index in [0.29, 0.717) is 12.1 Å². The fraction of sp³-hybridized carbons (Fsp3) is 0.0952. The van der Waals surface area contributed by atoms with Crippen molar-refractivity contribution in [3.05, 3.63) is 78.0 Å². The van der Waals surface area contributed by atoms with E-state index in [9.17, 15) is 5.26 Å². The summed E-state index contributed by atoms with van der Waals surface area (Å²) in [5.74, 6) is 0.910. The number of nitriles is 1. The molecule has 0 aliphatic carbocycles. The molecule has 4 rings (SSSR count). The number of anilines is 1. The van der Waals surface area contributed by atoms with Gasteiger partial charge in [0, 0.05) is 18.7 Å². The molecule has 0 saturated carbocycles. The Morgan fingerprint density at radius 2 is 1.93 bits per heavy atom. The van der Waals surface area contributed by atoms with Crippen molar-refractivity contribution in [2.24, 2.45) is 0 Å². The first-order valence-corrected chi connectivity index (χ1v) is 9.72. The van der Waals surface area contributed by atoms with Gasteiger partial charge in [0.1, 0.15) is 10.8 Å². The van der Waals surface area contributed by atoms with Crippen molar-refractivity contribution < 1.29 is 0 Å². The molecule has 0 aliphatic rings. The summed E-state index contributed by atoms with van der Waals surface area (Å²) in [6, 6.07) is 22.1. The summed E-state index contributed by atoms with van der Waals surface area (Å²) in [6.45, 7) is 0.674. The number of benzene rings is 2. The number of hydrogen-bond acceptors (Lipinski definition) is 5. The highest BCUT2D eigenvalue weighted by atomic mass is 32.2. The fourth-order valence-electron chi connectivity index (χ4n) is 2.95. The Balaban J connectivity index is 1.55. The molecule has 1 N–H and O–H groups in total. The summed E-state index contributed by atoms with van der Waals surface area (Å²) in [4.78, 5) is 4.53. The second-order valence-corrected chi connectivity index (χ2v) is 6.82. The van der Waals surface area contributed by atoms with Gasteiger partial charge in [0.2, 0.25) is 0 Å². The number of hydrogen-bond donors (Lipinski definition) is 1. The van der Waals surface area contributed by atoms with E-state index in [1.165, 1.54) is 0 Å². The van der Waals surface area contributed by atoms with Crippen molar-refractivity contribution in [2.45, 2.75) is 11.6 Å². The normalized spacial score (nSPS) is 10.7. The predicted molar refractivity (Wildman–Crippen MR) is 109 cm³/mol. The van der Waals surface area contributed by atoms with E-state index in [2.05, 4.69) is 45.7 Å². The van der Waals surface area contributed by atoms with E-state index in [1.807, 2.05) is 42.7 Å². The molecule has 0 atom stereocenters. The van der Waals surface area contributed by atoms with Crippen LogP contribution in [-0.2, 0) is 6.54 Å². The van der Waals surface area contributed by atoms with Gasteiger partial charge in [-0.2, -0.15) is 14.9 Å². The Morgan fingerprint density at radius 3 is 2.70 bits per heavy atom. The first-order chi connectivity index (χ1) is 13.3. The quantitative estimate of drug-likeness (QED) is 0.410. The van der Waals surface area contributed by atoms with Crippen LogP contribution in [0.25, 0.3) is 16.8 Å². The molecule has 27 heavy (non-hydrogen) atoms. The van der Waals surface area contributed by atoms with Crippen LogP contribution in [0.3, 0.4) is 0 Å². The van der Waals surface area contributed by atoms with Crippen LogP contribution in [0, 0.1) is 11.3 Å². The van der Waals surface area contributed by atoms with Gasteiger partial charge >= 0.3 is 0 Å². The Hall–Kier alpha value is -3.30. The second-order valence-electron chi connectivity index (χ2n) is 5.99. The lowest BCUT2D eigenvalue weighted by Gasteiger charge is -2.11. The molecule has 0 aliphatic heterocycles. The zero-order chi connectivity index (χ0) is 18.6. The van der Waals surface area contributed by atoms with Crippen molar-refractivity contribution in [3.8, 4) is 17.2 Å². The molecule has 2 heterocycles. The summed E-state index contributed by atoms with van der Waals surface area (Å²) >= 11 is 1.61. The van der Waals surface area contributed by atoms with Crippen LogP contribution in [0.4, 0.5) is 5.82 Å². The van der Waals surface area contributed by atoms with Gasteiger partial charge in [0.05, 0.1) is 17.8 Å². The average Bonchev–Trinajstić information content (AvgIpc) is 3.21. The molecule has 2 aromatic carbocycles. The van der Waals surface area contributed by atoms with E-state index in [1.54, 1.807) is 22.5 Å². The molecule has 2 aromatic heterocycles. The van der Waals surface area contributed by atoms with Crippen molar-refractivity contribution in [2.75, 3.05) is 11.6 Å². The number of fused-ring (bicyclic) bond motifs is 1. The molecule has 132 valence electrons. The maximum Gasteiger partial charge on any atom is 0.158 e. The smallest absolute Gasteiger partial charge is 0.158 e. The van der Waals surface area contributed by atoms with Crippen LogP contribution in [0.5, 0.6) is 0 Å². The molecule has 6 heteroatoms. The van der Waals surface area contributed by atoms with Gasteiger partial charge in [-0.15, -0.1) is 11.8 Å². The third-order valence-electron chi connectivity index (χ3n) is 4.33. The van der Waals surface area contributed by atoms with Gasteiger partial charge < -0.3 is 5.32 Å². The van der Waals surface area contributed by atoms with Crippen molar-refractivity contribution in [1.29, 1.82) is 5.26 Å². The molecular formula is C21H17N5S. The maximum atomic E-state index is 9.28. The van der Waals surface area contributed by atoms with Crippen LogP contribution in [0.15, 0.2) is 71.9 Å². The highest BCUT2D eigenvalue weighted by Gasteiger charge is 2.07. The van der Waals surface area contributed by atoms with Gasteiger partial charge in [0.15, 0.2) is 5.65 Å². The van der Waals surface area contributed by atoms with Crippen LogP contribution < -0.4 is 5.32 Å². The van der Waals surface area contributed by atoms with E-state index in [0.717, 1.165) is 33.2 Å². The molecule has 0 spiro atoms. The Bertz CT molecular complexity index is 1130. The molecule has 4 aromatic rings. The molecule has 0 bridgehead atoms. The number of thioether (sulfide) groups is 1. The lowest BCUT2D eigenvalue weighted by atomic mass is 9.99. The van der Waals surface area contributed by atoms with Crippen LogP contribution in [0.2, 0.25) is 0 Å². The molecule has 0 radical (unpaired) electrons. The zero-order valence-electron chi connectivity index (χ0n) is 14.8. The van der Waals surface area contributed by atoms with Gasteiger partial charge in [-0.25, -0.2) is 4.98 Å². The van der Waals surface area contributed by atoms with Crippen LogP contribution in [0.1, 0.15) is 11.1 Å². The van der Waals surface area contributed by atoms with Gasteiger partial charge in [-0.1, -0.05) is 42.5 Å². The van der Waals surface area contributed by atoms with Crippen LogP contribution in [-0.4, -0.2) is 20.9 Å². The van der Waals surface area contributed by atoms with E-state index >= 15 is 0 Å². The number of nitrogens with one attached hydrogen (secondary N) is 1. The number of aromatic nitrogens is 3. The van der Waals surface area contributed by atoms with E-state index in [-0.39, 0.29) is 0 Å². The predicted octanol–water partition coefficient (Wildman–Crippen LogP) is 4.60. The molecule has 0 unspecified atom stereocenters. The van der Waals surface area contributed by atoms with E-state index < -0.39 is 0 Å². The van der Waals surface area contributed by atoms with Crippen molar-refractivity contribution >= 4 is 23.2 Å². The minimum Gasteiger partial charge on any atom is -0.366 e. The molecule has 0 amide bonds. The molecule has 5 nitrogen and oxygen atoms in total. The van der Waals surface area contributed by atoms with Gasteiger partial charge in [-0.3, -0.25) is 0 Å². The summed E-state index contributed by atoms with van der Waals surface area (Å²) in [6.07, 6.45) is 3.76.